The normalized spacial score (nSPS) is 11.1. The third-order valence-corrected chi connectivity index (χ3v) is 5.47. The number of phenols is 2. The molecule has 0 unspecified atom stereocenters. The largest absolute Gasteiger partial charge is 0.504 e. The van der Waals surface area contributed by atoms with Gasteiger partial charge in [-0.15, -0.1) is 0 Å². The van der Waals surface area contributed by atoms with Gasteiger partial charge in [0.05, 0.1) is 0 Å². The average Bonchev–Trinajstić information content (AvgIpc) is 2.53. The summed E-state index contributed by atoms with van der Waals surface area (Å²) in [6, 6.07) is 1.71. The van der Waals surface area contributed by atoms with E-state index in [0.29, 0.717) is 0 Å². The van der Waals surface area contributed by atoms with E-state index in [0.717, 1.165) is 28.4 Å². The van der Waals surface area contributed by atoms with Crippen molar-refractivity contribution >= 4 is 22.6 Å². The number of halogens is 1. The van der Waals surface area contributed by atoms with Gasteiger partial charge in [0.15, 0.2) is 11.5 Å². The minimum absolute atomic E-state index is 0.0349. The van der Waals surface area contributed by atoms with Crippen molar-refractivity contribution < 1.29 is 10.2 Å². The van der Waals surface area contributed by atoms with Crippen LogP contribution in [0.3, 0.4) is 0 Å². The van der Waals surface area contributed by atoms with E-state index < -0.39 is 0 Å². The van der Waals surface area contributed by atoms with Crippen LogP contribution in [0.4, 0.5) is 0 Å². The molecule has 0 fully saturated rings. The number of aromatic hydroxyl groups is 2. The van der Waals surface area contributed by atoms with Gasteiger partial charge < -0.3 is 10.2 Å². The van der Waals surface area contributed by atoms with Crippen LogP contribution in [0, 0.1) is 3.57 Å². The zero-order chi connectivity index (χ0) is 17.1. The Labute approximate surface area is 155 Å². The Morgan fingerprint density at radius 2 is 1.22 bits per heavy atom. The molecule has 2 N–H and O–H groups in total. The summed E-state index contributed by atoms with van der Waals surface area (Å²) in [4.78, 5) is 0. The monoisotopic (exact) mass is 432 g/mol. The highest BCUT2D eigenvalue weighted by atomic mass is 127. The molecule has 0 radical (unpaired) electrons. The number of benzene rings is 1. The Morgan fingerprint density at radius 1 is 0.739 bits per heavy atom. The van der Waals surface area contributed by atoms with Gasteiger partial charge in [-0.1, -0.05) is 65.2 Å². The van der Waals surface area contributed by atoms with E-state index >= 15 is 0 Å². The van der Waals surface area contributed by atoms with E-state index in [1.807, 2.05) is 0 Å². The van der Waals surface area contributed by atoms with Gasteiger partial charge in [0.1, 0.15) is 0 Å². The van der Waals surface area contributed by atoms with Crippen LogP contribution in [0.15, 0.2) is 6.07 Å². The average molecular weight is 432 g/mol. The lowest BCUT2D eigenvalue weighted by Crippen LogP contribution is -2.00. The number of rotatable bonds is 12. The van der Waals surface area contributed by atoms with Crippen molar-refractivity contribution in [2.75, 3.05) is 0 Å². The summed E-state index contributed by atoms with van der Waals surface area (Å²) in [5, 5.41) is 20.2. The van der Waals surface area contributed by atoms with E-state index in [1.54, 1.807) is 6.07 Å². The van der Waals surface area contributed by atoms with E-state index in [-0.39, 0.29) is 11.5 Å². The Balaban J connectivity index is 2.67. The van der Waals surface area contributed by atoms with Gasteiger partial charge in [-0.3, -0.25) is 0 Å². The molecule has 0 aromatic heterocycles. The fourth-order valence-electron chi connectivity index (χ4n) is 3.07. The highest BCUT2D eigenvalue weighted by Gasteiger charge is 2.15. The van der Waals surface area contributed by atoms with E-state index in [9.17, 15) is 10.2 Å². The first-order valence-corrected chi connectivity index (χ1v) is 10.4. The van der Waals surface area contributed by atoms with Crippen LogP contribution in [0.5, 0.6) is 11.5 Å². The first-order valence-electron chi connectivity index (χ1n) is 9.33. The lowest BCUT2D eigenvalue weighted by atomic mass is 9.95. The van der Waals surface area contributed by atoms with E-state index in [1.165, 1.54) is 63.4 Å². The highest BCUT2D eigenvalue weighted by molar-refractivity contribution is 14.1. The van der Waals surface area contributed by atoms with Crippen molar-refractivity contribution in [1.29, 1.82) is 0 Å². The molecular formula is C20H33IO2. The number of hydrogen-bond donors (Lipinski definition) is 2. The number of unbranched alkanes of at least 4 members (excludes halogenated alkanes) is 8. The third kappa shape index (κ3) is 7.32. The second-order valence-corrected chi connectivity index (χ2v) is 7.67. The van der Waals surface area contributed by atoms with Gasteiger partial charge in [0.2, 0.25) is 0 Å². The maximum Gasteiger partial charge on any atom is 0.161 e. The van der Waals surface area contributed by atoms with Crippen LogP contribution in [0.2, 0.25) is 0 Å². The lowest BCUT2D eigenvalue weighted by molar-refractivity contribution is 0.397. The van der Waals surface area contributed by atoms with Crippen LogP contribution in [0.25, 0.3) is 0 Å². The highest BCUT2D eigenvalue weighted by Crippen LogP contribution is 2.36. The van der Waals surface area contributed by atoms with Crippen molar-refractivity contribution in [2.24, 2.45) is 0 Å². The summed E-state index contributed by atoms with van der Waals surface area (Å²) in [6.45, 7) is 4.46. The summed E-state index contributed by atoms with van der Waals surface area (Å²) in [7, 11) is 0. The van der Waals surface area contributed by atoms with E-state index in [4.69, 9.17) is 0 Å². The maximum absolute atomic E-state index is 10.3. The van der Waals surface area contributed by atoms with Crippen LogP contribution in [-0.2, 0) is 12.8 Å². The zero-order valence-electron chi connectivity index (χ0n) is 14.8. The molecule has 0 spiro atoms. The molecule has 0 aliphatic carbocycles. The fourth-order valence-corrected chi connectivity index (χ4v) is 3.96. The minimum Gasteiger partial charge on any atom is -0.504 e. The molecule has 0 saturated carbocycles. The predicted octanol–water partition coefficient (Wildman–Crippen LogP) is 6.73. The Kier molecular flexibility index (Phi) is 10.7. The first-order chi connectivity index (χ1) is 11.1. The summed E-state index contributed by atoms with van der Waals surface area (Å²) in [5.74, 6) is 0.150. The van der Waals surface area contributed by atoms with Gasteiger partial charge in [0.25, 0.3) is 0 Å². The Hall–Kier alpha value is -0.450. The molecule has 0 atom stereocenters. The van der Waals surface area contributed by atoms with Crippen LogP contribution in [-0.4, -0.2) is 10.2 Å². The second-order valence-electron chi connectivity index (χ2n) is 6.51. The molecular weight excluding hydrogens is 399 g/mol. The van der Waals surface area contributed by atoms with Gasteiger partial charge in [-0.2, -0.15) is 0 Å². The molecule has 3 heteroatoms. The standard InChI is InChI=1S/C20H33IO2/c1-3-5-7-9-11-13-16-17(14-12-10-8-6-4-2)20(23)19(22)15-18(16)21/h15,22-23H,3-14H2,1-2H3. The molecule has 132 valence electrons. The summed E-state index contributed by atoms with van der Waals surface area (Å²) >= 11 is 2.30. The lowest BCUT2D eigenvalue weighted by Gasteiger charge is -2.15. The Bertz CT molecular complexity index is 457. The van der Waals surface area contributed by atoms with Gasteiger partial charge in [0, 0.05) is 9.13 Å². The molecule has 0 aliphatic heterocycles. The van der Waals surface area contributed by atoms with Gasteiger partial charge in [-0.05, 0) is 59.9 Å². The summed E-state index contributed by atoms with van der Waals surface area (Å²) < 4.78 is 1.09. The molecule has 1 rings (SSSR count). The summed E-state index contributed by atoms with van der Waals surface area (Å²) in [5.41, 5.74) is 2.24. The molecule has 0 bridgehead atoms. The quantitative estimate of drug-likeness (QED) is 0.218. The van der Waals surface area contributed by atoms with Crippen molar-refractivity contribution in [3.8, 4) is 11.5 Å². The maximum atomic E-state index is 10.3. The van der Waals surface area contributed by atoms with Crippen molar-refractivity contribution in [3.05, 3.63) is 20.8 Å². The fraction of sp³-hybridized carbons (Fsp3) is 0.700. The SMILES string of the molecule is CCCCCCCc1c(I)cc(O)c(O)c1CCCCCCC. The zero-order valence-corrected chi connectivity index (χ0v) is 17.0. The number of hydrogen-bond acceptors (Lipinski definition) is 2. The van der Waals surface area contributed by atoms with Crippen molar-refractivity contribution in [1.82, 2.24) is 0 Å². The molecule has 1 aromatic rings. The minimum atomic E-state index is 0.0349. The van der Waals surface area contributed by atoms with Crippen molar-refractivity contribution in [2.45, 2.75) is 90.9 Å². The van der Waals surface area contributed by atoms with Crippen molar-refractivity contribution in [3.63, 3.8) is 0 Å². The molecule has 0 saturated heterocycles. The Morgan fingerprint density at radius 3 is 1.74 bits per heavy atom. The van der Waals surface area contributed by atoms with Crippen LogP contribution < -0.4 is 0 Å². The molecule has 0 amide bonds. The van der Waals surface area contributed by atoms with Crippen LogP contribution in [0.1, 0.15) is 89.2 Å². The third-order valence-electron chi connectivity index (χ3n) is 4.51. The molecule has 0 aliphatic rings. The molecule has 2 nitrogen and oxygen atoms in total. The number of phenolic OH excluding ortho intramolecular Hbond substituents is 2. The van der Waals surface area contributed by atoms with Gasteiger partial charge >= 0.3 is 0 Å². The second kappa shape index (κ2) is 12.0. The van der Waals surface area contributed by atoms with Gasteiger partial charge in [-0.25, -0.2) is 0 Å². The molecule has 1 aromatic carbocycles. The smallest absolute Gasteiger partial charge is 0.161 e. The first kappa shape index (κ1) is 20.6. The molecule has 0 heterocycles. The molecule has 23 heavy (non-hydrogen) atoms. The summed E-state index contributed by atoms with van der Waals surface area (Å²) in [6.07, 6.45) is 14.3. The van der Waals surface area contributed by atoms with E-state index in [2.05, 4.69) is 36.4 Å². The van der Waals surface area contributed by atoms with Crippen LogP contribution >= 0.6 is 22.6 Å². The topological polar surface area (TPSA) is 40.5 Å². The predicted molar refractivity (Wildman–Crippen MR) is 107 cm³/mol.